The number of halogens is 2. The molecule has 1 aliphatic rings. The second kappa shape index (κ2) is 15.0. The van der Waals surface area contributed by atoms with Gasteiger partial charge < -0.3 is 21.1 Å². The standard InChI is InChI=1S/C21H24Cl2N4O3.C6H6O3S/c22-18-6-3-15(9-19(18)23)12-27-7-8-30-17(13-27)11-26-21(29)25-10-14-1-4-16(5-2-14)20(24)28;7-10(8,9)6-4-2-1-3-5-6/h1-6,9,17H,7-8,10-13H2,(H2,24,28)(H2,25,26,29);1-5H,(H,7,8,9)/t17-;/m0./s1. The van der Waals surface area contributed by atoms with Crippen molar-refractivity contribution in [1.29, 1.82) is 0 Å². The molecule has 1 aliphatic heterocycles. The highest BCUT2D eigenvalue weighted by Crippen LogP contribution is 2.23. The molecule has 1 heterocycles. The van der Waals surface area contributed by atoms with Crippen LogP contribution in [0.15, 0.2) is 77.7 Å². The summed E-state index contributed by atoms with van der Waals surface area (Å²) < 4.78 is 35.0. The normalized spacial score (nSPS) is 15.4. The number of nitrogens with zero attached hydrogens (tertiary/aromatic N) is 1. The molecule has 3 aromatic rings. The van der Waals surface area contributed by atoms with Crippen molar-refractivity contribution < 1.29 is 27.3 Å². The number of carbonyl (C=O) groups excluding carboxylic acids is 2. The van der Waals surface area contributed by atoms with Crippen molar-refractivity contribution in [2.24, 2.45) is 5.73 Å². The Kier molecular flexibility index (Phi) is 11.7. The van der Waals surface area contributed by atoms with Crippen LogP contribution in [0.1, 0.15) is 21.5 Å². The monoisotopic (exact) mass is 608 g/mol. The summed E-state index contributed by atoms with van der Waals surface area (Å²) in [5.74, 6) is -0.479. The molecule has 0 radical (unpaired) electrons. The van der Waals surface area contributed by atoms with Gasteiger partial charge in [-0.05, 0) is 47.5 Å². The molecule has 0 aromatic heterocycles. The molecule has 0 aliphatic carbocycles. The summed E-state index contributed by atoms with van der Waals surface area (Å²) in [6.07, 6.45) is -0.0953. The van der Waals surface area contributed by atoms with Crippen LogP contribution in [0.5, 0.6) is 0 Å². The number of primary amides is 1. The first-order valence-corrected chi connectivity index (χ1v) is 14.4. The molecular formula is C27H30Cl2N4O6S. The van der Waals surface area contributed by atoms with Gasteiger partial charge in [-0.2, -0.15) is 8.42 Å². The minimum absolute atomic E-state index is 0.0741. The van der Waals surface area contributed by atoms with Gasteiger partial charge in [-0.3, -0.25) is 14.2 Å². The Morgan fingerprint density at radius 3 is 2.25 bits per heavy atom. The van der Waals surface area contributed by atoms with Gasteiger partial charge in [0.1, 0.15) is 0 Å². The molecule has 13 heteroatoms. The van der Waals surface area contributed by atoms with Crippen molar-refractivity contribution in [3.63, 3.8) is 0 Å². The average Bonchev–Trinajstić information content (AvgIpc) is 2.93. The molecule has 0 saturated carbocycles. The fourth-order valence-electron chi connectivity index (χ4n) is 3.77. The number of hydrogen-bond acceptors (Lipinski definition) is 6. The molecular weight excluding hydrogens is 579 g/mol. The lowest BCUT2D eigenvalue weighted by molar-refractivity contribution is -0.0287. The molecule has 3 amide bonds. The summed E-state index contributed by atoms with van der Waals surface area (Å²) in [5, 5.41) is 6.71. The fourth-order valence-corrected chi connectivity index (χ4v) is 4.60. The Labute approximate surface area is 243 Å². The predicted molar refractivity (Wildman–Crippen MR) is 153 cm³/mol. The van der Waals surface area contributed by atoms with E-state index < -0.39 is 16.0 Å². The Morgan fingerprint density at radius 2 is 1.65 bits per heavy atom. The molecule has 3 aromatic carbocycles. The zero-order chi connectivity index (χ0) is 29.1. The summed E-state index contributed by atoms with van der Waals surface area (Å²) in [5.41, 5.74) is 7.60. The molecule has 1 atom stereocenters. The Hall–Kier alpha value is -3.19. The van der Waals surface area contributed by atoms with Crippen LogP contribution >= 0.6 is 23.2 Å². The van der Waals surface area contributed by atoms with Crippen LogP contribution in [0.25, 0.3) is 0 Å². The van der Waals surface area contributed by atoms with Gasteiger partial charge in [0.15, 0.2) is 0 Å². The topological polar surface area (TPSA) is 151 Å². The lowest BCUT2D eigenvalue weighted by Crippen LogP contribution is -2.48. The predicted octanol–water partition coefficient (Wildman–Crippen LogP) is 3.73. The van der Waals surface area contributed by atoms with Crippen molar-refractivity contribution >= 4 is 45.3 Å². The van der Waals surface area contributed by atoms with Crippen molar-refractivity contribution in [3.8, 4) is 0 Å². The van der Waals surface area contributed by atoms with Gasteiger partial charge in [0, 0.05) is 38.3 Å². The van der Waals surface area contributed by atoms with Crippen molar-refractivity contribution in [2.45, 2.75) is 24.1 Å². The lowest BCUT2D eigenvalue weighted by Gasteiger charge is -2.33. The van der Waals surface area contributed by atoms with E-state index in [2.05, 4.69) is 15.5 Å². The van der Waals surface area contributed by atoms with E-state index in [1.165, 1.54) is 12.1 Å². The van der Waals surface area contributed by atoms with E-state index in [9.17, 15) is 18.0 Å². The first-order chi connectivity index (χ1) is 19.0. The quantitative estimate of drug-likeness (QED) is 0.284. The Bertz CT molecular complexity index is 1390. The molecule has 5 N–H and O–H groups in total. The number of amides is 3. The molecule has 0 unspecified atom stereocenters. The van der Waals surface area contributed by atoms with Crippen LogP contribution in [0.3, 0.4) is 0 Å². The minimum Gasteiger partial charge on any atom is -0.374 e. The zero-order valence-corrected chi connectivity index (χ0v) is 23.8. The van der Waals surface area contributed by atoms with E-state index in [-0.39, 0.29) is 17.0 Å². The van der Waals surface area contributed by atoms with Crippen LogP contribution in [0.4, 0.5) is 4.79 Å². The van der Waals surface area contributed by atoms with E-state index in [1.807, 2.05) is 12.1 Å². The highest BCUT2D eigenvalue weighted by atomic mass is 35.5. The Balaban J connectivity index is 0.000000371. The maximum Gasteiger partial charge on any atom is 0.315 e. The van der Waals surface area contributed by atoms with Crippen LogP contribution in [-0.2, 0) is 27.9 Å². The second-order valence-electron chi connectivity index (χ2n) is 8.89. The van der Waals surface area contributed by atoms with Crippen LogP contribution in [-0.4, -0.2) is 62.2 Å². The van der Waals surface area contributed by atoms with E-state index in [0.29, 0.717) is 41.8 Å². The van der Waals surface area contributed by atoms with E-state index in [4.69, 9.17) is 38.2 Å². The number of nitrogens with two attached hydrogens (primary N) is 1. The number of urea groups is 1. The first-order valence-electron chi connectivity index (χ1n) is 12.2. The summed E-state index contributed by atoms with van der Waals surface area (Å²) >= 11 is 12.1. The summed E-state index contributed by atoms with van der Waals surface area (Å²) in [4.78, 5) is 25.4. The van der Waals surface area contributed by atoms with Crippen molar-refractivity contribution in [1.82, 2.24) is 15.5 Å². The van der Waals surface area contributed by atoms with Crippen molar-refractivity contribution in [3.05, 3.63) is 99.5 Å². The zero-order valence-electron chi connectivity index (χ0n) is 21.4. The van der Waals surface area contributed by atoms with E-state index >= 15 is 0 Å². The molecule has 40 heavy (non-hydrogen) atoms. The molecule has 1 saturated heterocycles. The number of hydrogen-bond donors (Lipinski definition) is 4. The molecule has 0 bridgehead atoms. The van der Waals surface area contributed by atoms with Gasteiger partial charge in [-0.15, -0.1) is 0 Å². The first kappa shape index (κ1) is 31.3. The van der Waals surface area contributed by atoms with Gasteiger partial charge in [0.05, 0.1) is 27.7 Å². The van der Waals surface area contributed by atoms with Crippen LogP contribution in [0.2, 0.25) is 10.0 Å². The third kappa shape index (κ3) is 10.4. The lowest BCUT2D eigenvalue weighted by atomic mass is 10.1. The maximum atomic E-state index is 12.1. The highest BCUT2D eigenvalue weighted by molar-refractivity contribution is 7.85. The van der Waals surface area contributed by atoms with Gasteiger partial charge in [0.2, 0.25) is 5.91 Å². The number of nitrogens with one attached hydrogen (secondary N) is 2. The third-order valence-electron chi connectivity index (χ3n) is 5.84. The number of morpholine rings is 1. The maximum absolute atomic E-state index is 12.1. The van der Waals surface area contributed by atoms with Gasteiger partial charge in [0.25, 0.3) is 10.1 Å². The number of ether oxygens (including phenoxy) is 1. The molecule has 214 valence electrons. The summed E-state index contributed by atoms with van der Waals surface area (Å²) in [6.45, 7) is 3.61. The number of benzene rings is 3. The van der Waals surface area contributed by atoms with Crippen molar-refractivity contribution in [2.75, 3.05) is 26.2 Å². The molecule has 0 spiro atoms. The van der Waals surface area contributed by atoms with Crippen LogP contribution in [0, 0.1) is 0 Å². The third-order valence-corrected chi connectivity index (χ3v) is 7.44. The smallest absolute Gasteiger partial charge is 0.315 e. The SMILES string of the molecule is NC(=O)c1ccc(CNC(=O)NC[C@H]2CN(Cc3ccc(Cl)c(Cl)c3)CCO2)cc1.O=S(=O)(O)c1ccccc1. The molecule has 10 nitrogen and oxygen atoms in total. The highest BCUT2D eigenvalue weighted by Gasteiger charge is 2.21. The molecule has 4 rings (SSSR count). The number of carbonyl (C=O) groups is 2. The van der Waals surface area contributed by atoms with Gasteiger partial charge in [-0.25, -0.2) is 4.79 Å². The second-order valence-corrected chi connectivity index (χ2v) is 11.1. The van der Waals surface area contributed by atoms with E-state index in [1.54, 1.807) is 48.5 Å². The van der Waals surface area contributed by atoms with Crippen LogP contribution < -0.4 is 16.4 Å². The van der Waals surface area contributed by atoms with E-state index in [0.717, 1.165) is 24.2 Å². The number of rotatable bonds is 8. The Morgan fingerprint density at radius 1 is 0.975 bits per heavy atom. The van der Waals surface area contributed by atoms with Gasteiger partial charge >= 0.3 is 6.03 Å². The molecule has 1 fully saturated rings. The van der Waals surface area contributed by atoms with Gasteiger partial charge in [-0.1, -0.05) is 59.6 Å². The minimum atomic E-state index is -4.00. The average molecular weight is 610 g/mol. The summed E-state index contributed by atoms with van der Waals surface area (Å²) in [6, 6.07) is 19.5. The fraction of sp³-hybridized carbons (Fsp3) is 0.259. The summed E-state index contributed by atoms with van der Waals surface area (Å²) in [7, 11) is -4.00. The largest absolute Gasteiger partial charge is 0.374 e.